The van der Waals surface area contributed by atoms with Crippen molar-refractivity contribution in [3.8, 4) is 0 Å². The average Bonchev–Trinajstić information content (AvgIpc) is 2.75. The van der Waals surface area contributed by atoms with Crippen LogP contribution in [0.5, 0.6) is 0 Å². The van der Waals surface area contributed by atoms with Gasteiger partial charge in [0.25, 0.3) is 0 Å². The zero-order chi connectivity index (χ0) is 14.9. The summed E-state index contributed by atoms with van der Waals surface area (Å²) in [6, 6.07) is 3.98. The highest BCUT2D eigenvalue weighted by Crippen LogP contribution is 2.21. The van der Waals surface area contributed by atoms with Crippen molar-refractivity contribution in [1.29, 1.82) is 0 Å². The predicted octanol–water partition coefficient (Wildman–Crippen LogP) is 3.93. The Morgan fingerprint density at radius 1 is 1.35 bits per heavy atom. The second kappa shape index (κ2) is 5.83. The number of benzene rings is 1. The lowest BCUT2D eigenvalue weighted by Crippen LogP contribution is -2.10. The number of nitrogens with zero attached hydrogens (tertiary/aromatic N) is 2. The van der Waals surface area contributed by atoms with E-state index >= 15 is 0 Å². The summed E-state index contributed by atoms with van der Waals surface area (Å²) >= 11 is 2.98. The molecule has 0 aliphatic carbocycles. The monoisotopic (exact) mass is 342 g/mol. The zero-order valence-corrected chi connectivity index (χ0v) is 12.6. The maximum atomic E-state index is 13.7. The number of halogens is 3. The second-order valence-electron chi connectivity index (χ2n) is 4.73. The molecule has 1 aromatic carbocycles. The highest BCUT2D eigenvalue weighted by atomic mass is 79.9. The van der Waals surface area contributed by atoms with Crippen LogP contribution in [-0.4, -0.2) is 15.6 Å². The Balaban J connectivity index is 2.24. The minimum absolute atomic E-state index is 0.130. The summed E-state index contributed by atoms with van der Waals surface area (Å²) in [5.41, 5.74) is -0.0299. The maximum absolute atomic E-state index is 13.7. The zero-order valence-electron chi connectivity index (χ0n) is 11.0. The Morgan fingerprint density at radius 3 is 2.45 bits per heavy atom. The number of Topliss-reactive ketones (excluding diaryl/α,β-unsaturated/α-hetero) is 1. The van der Waals surface area contributed by atoms with Crippen molar-refractivity contribution < 1.29 is 13.6 Å². The molecule has 20 heavy (non-hydrogen) atoms. The van der Waals surface area contributed by atoms with Crippen LogP contribution in [-0.2, 0) is 6.42 Å². The van der Waals surface area contributed by atoms with Crippen LogP contribution in [0.25, 0.3) is 0 Å². The molecule has 1 aromatic heterocycles. The van der Waals surface area contributed by atoms with Gasteiger partial charge in [0.2, 0.25) is 0 Å². The molecule has 0 saturated heterocycles. The van der Waals surface area contributed by atoms with E-state index in [1.54, 1.807) is 16.9 Å². The smallest absolute Gasteiger partial charge is 0.174 e. The van der Waals surface area contributed by atoms with Crippen LogP contribution in [0, 0.1) is 11.6 Å². The van der Waals surface area contributed by atoms with Gasteiger partial charge in [-0.15, -0.1) is 0 Å². The first-order valence-corrected chi connectivity index (χ1v) is 6.89. The first-order valence-electron chi connectivity index (χ1n) is 6.10. The van der Waals surface area contributed by atoms with Crippen LogP contribution < -0.4 is 0 Å². The molecule has 0 bridgehead atoms. The van der Waals surface area contributed by atoms with Crippen molar-refractivity contribution in [1.82, 2.24) is 9.78 Å². The summed E-state index contributed by atoms with van der Waals surface area (Å²) < 4.78 is 29.3. The van der Waals surface area contributed by atoms with E-state index in [0.29, 0.717) is 5.69 Å². The fourth-order valence-corrected chi connectivity index (χ4v) is 2.22. The van der Waals surface area contributed by atoms with E-state index in [1.165, 1.54) is 0 Å². The Kier molecular flexibility index (Phi) is 4.32. The molecular weight excluding hydrogens is 330 g/mol. The number of aromatic nitrogens is 2. The summed E-state index contributed by atoms with van der Waals surface area (Å²) in [5.74, 6) is -2.36. The lowest BCUT2D eigenvalue weighted by Gasteiger charge is -2.05. The predicted molar refractivity (Wildman–Crippen MR) is 74.7 cm³/mol. The highest BCUT2D eigenvalue weighted by molar-refractivity contribution is 9.10. The Labute approximate surface area is 123 Å². The van der Waals surface area contributed by atoms with Crippen LogP contribution >= 0.6 is 15.9 Å². The molecule has 0 N–H and O–H groups in total. The van der Waals surface area contributed by atoms with Crippen LogP contribution in [0.4, 0.5) is 8.78 Å². The van der Waals surface area contributed by atoms with Crippen LogP contribution in [0.15, 0.2) is 28.9 Å². The first-order chi connectivity index (χ1) is 9.38. The number of carbonyl (C=O) groups is 1. The lowest BCUT2D eigenvalue weighted by molar-refractivity contribution is 0.0983. The van der Waals surface area contributed by atoms with Gasteiger partial charge in [0.05, 0.1) is 17.7 Å². The Morgan fingerprint density at radius 2 is 1.95 bits per heavy atom. The third kappa shape index (κ3) is 3.12. The standard InChI is InChI=1S/C14H13BrF2N2O/c1-8(2)19-4-3-10(18-19)7-13(20)14-11(16)5-9(15)6-12(14)17/h3-6,8H,7H2,1-2H3. The van der Waals surface area contributed by atoms with Gasteiger partial charge in [0.15, 0.2) is 5.78 Å². The van der Waals surface area contributed by atoms with Gasteiger partial charge >= 0.3 is 0 Å². The van der Waals surface area contributed by atoms with Crippen molar-refractivity contribution >= 4 is 21.7 Å². The minimum atomic E-state index is -0.870. The number of hydrogen-bond acceptors (Lipinski definition) is 2. The molecule has 6 heteroatoms. The summed E-state index contributed by atoms with van der Waals surface area (Å²) in [6.07, 6.45) is 1.61. The molecule has 0 aliphatic rings. The minimum Gasteiger partial charge on any atom is -0.294 e. The molecule has 2 aromatic rings. The van der Waals surface area contributed by atoms with Gasteiger partial charge in [-0.05, 0) is 32.0 Å². The van der Waals surface area contributed by atoms with Crippen molar-refractivity contribution in [2.75, 3.05) is 0 Å². The topological polar surface area (TPSA) is 34.9 Å². The number of hydrogen-bond donors (Lipinski definition) is 0. The van der Waals surface area contributed by atoms with E-state index in [1.807, 2.05) is 13.8 Å². The normalized spacial score (nSPS) is 11.1. The first kappa shape index (κ1) is 14.8. The fraction of sp³-hybridized carbons (Fsp3) is 0.286. The molecule has 0 amide bonds. The van der Waals surface area contributed by atoms with E-state index < -0.39 is 23.0 Å². The van der Waals surface area contributed by atoms with E-state index in [4.69, 9.17) is 0 Å². The summed E-state index contributed by atoms with van der Waals surface area (Å²) in [6.45, 7) is 3.90. The third-order valence-electron chi connectivity index (χ3n) is 2.82. The molecule has 0 saturated carbocycles. The highest BCUT2D eigenvalue weighted by Gasteiger charge is 2.19. The quantitative estimate of drug-likeness (QED) is 0.789. The SMILES string of the molecule is CC(C)n1ccc(CC(=O)c2c(F)cc(Br)cc2F)n1. The fourth-order valence-electron chi connectivity index (χ4n) is 1.82. The molecule has 1 heterocycles. The van der Waals surface area contributed by atoms with Gasteiger partial charge in [-0.3, -0.25) is 9.48 Å². The number of ketones is 1. The molecule has 106 valence electrons. The molecule has 3 nitrogen and oxygen atoms in total. The lowest BCUT2D eigenvalue weighted by atomic mass is 10.1. The van der Waals surface area contributed by atoms with Crippen LogP contribution in [0.1, 0.15) is 35.9 Å². The van der Waals surface area contributed by atoms with Gasteiger partial charge < -0.3 is 0 Å². The average molecular weight is 343 g/mol. The van der Waals surface area contributed by atoms with E-state index in [0.717, 1.165) is 12.1 Å². The maximum Gasteiger partial charge on any atom is 0.174 e. The number of carbonyl (C=O) groups excluding carboxylic acids is 1. The van der Waals surface area contributed by atoms with E-state index in [-0.39, 0.29) is 16.9 Å². The number of rotatable bonds is 4. The summed E-state index contributed by atoms with van der Waals surface area (Å²) in [4.78, 5) is 12.0. The molecule has 0 atom stereocenters. The van der Waals surface area contributed by atoms with Gasteiger partial charge in [-0.25, -0.2) is 8.78 Å². The van der Waals surface area contributed by atoms with Crippen molar-refractivity contribution in [2.24, 2.45) is 0 Å². The van der Waals surface area contributed by atoms with Crippen molar-refractivity contribution in [3.63, 3.8) is 0 Å². The van der Waals surface area contributed by atoms with Gasteiger partial charge in [0.1, 0.15) is 11.6 Å². The molecule has 2 rings (SSSR count). The van der Waals surface area contributed by atoms with E-state index in [2.05, 4.69) is 21.0 Å². The van der Waals surface area contributed by atoms with Crippen LogP contribution in [0.3, 0.4) is 0 Å². The molecule has 0 fully saturated rings. The molecule has 0 spiro atoms. The molecular formula is C14H13BrF2N2O. The molecule has 0 radical (unpaired) electrons. The Bertz CT molecular complexity index is 629. The van der Waals surface area contributed by atoms with Crippen molar-refractivity contribution in [3.05, 3.63) is 51.8 Å². The second-order valence-corrected chi connectivity index (χ2v) is 5.64. The van der Waals surface area contributed by atoms with Gasteiger partial charge in [-0.2, -0.15) is 5.10 Å². The third-order valence-corrected chi connectivity index (χ3v) is 3.28. The van der Waals surface area contributed by atoms with Crippen LogP contribution in [0.2, 0.25) is 0 Å². The van der Waals surface area contributed by atoms with Crippen molar-refractivity contribution in [2.45, 2.75) is 26.3 Å². The van der Waals surface area contributed by atoms with Gasteiger partial charge in [-0.1, -0.05) is 15.9 Å². The molecule has 0 unspecified atom stereocenters. The van der Waals surface area contributed by atoms with Gasteiger partial charge in [0, 0.05) is 16.7 Å². The largest absolute Gasteiger partial charge is 0.294 e. The Hall–Kier alpha value is -1.56. The molecule has 0 aliphatic heterocycles. The summed E-state index contributed by atoms with van der Waals surface area (Å²) in [5, 5.41) is 4.19. The van der Waals surface area contributed by atoms with E-state index in [9.17, 15) is 13.6 Å². The summed E-state index contributed by atoms with van der Waals surface area (Å²) in [7, 11) is 0.